The smallest absolute Gasteiger partial charge is 0.130 e. The quantitative estimate of drug-likeness (QED) is 0.838. The summed E-state index contributed by atoms with van der Waals surface area (Å²) in [5.41, 5.74) is 0.905. The van der Waals surface area contributed by atoms with Crippen LogP contribution in [0.15, 0.2) is 42.5 Å². The molecule has 1 heterocycles. The molecule has 0 aliphatic carbocycles. The molecule has 0 bridgehead atoms. The first kappa shape index (κ1) is 14.2. The lowest BCUT2D eigenvalue weighted by Gasteiger charge is -2.08. The van der Waals surface area contributed by atoms with Crippen molar-refractivity contribution < 1.29 is 9.47 Å². The van der Waals surface area contributed by atoms with Crippen LogP contribution in [0.25, 0.3) is 0 Å². The van der Waals surface area contributed by atoms with Gasteiger partial charge in [0, 0.05) is 6.54 Å². The van der Waals surface area contributed by atoms with E-state index in [4.69, 9.17) is 9.47 Å². The second-order valence-electron chi connectivity index (χ2n) is 4.41. The van der Waals surface area contributed by atoms with E-state index in [1.54, 1.807) is 7.11 Å². The van der Waals surface area contributed by atoms with Crippen molar-refractivity contribution in [1.29, 1.82) is 0 Å². The van der Waals surface area contributed by atoms with Crippen LogP contribution in [-0.4, -0.2) is 18.6 Å². The van der Waals surface area contributed by atoms with Crippen molar-refractivity contribution in [2.75, 3.05) is 19.0 Å². The zero-order chi connectivity index (χ0) is 14.2. The number of hydrogen-bond donors (Lipinski definition) is 1. The molecule has 1 aromatic heterocycles. The van der Waals surface area contributed by atoms with Gasteiger partial charge in [0.15, 0.2) is 0 Å². The van der Waals surface area contributed by atoms with Crippen LogP contribution in [0.3, 0.4) is 0 Å². The minimum atomic E-state index is 0.452. The Morgan fingerprint density at radius 1 is 1.05 bits per heavy atom. The van der Waals surface area contributed by atoms with Gasteiger partial charge in [0.2, 0.25) is 0 Å². The number of hydrogen-bond acceptors (Lipinski definition) is 4. The van der Waals surface area contributed by atoms with E-state index in [9.17, 15) is 0 Å². The van der Waals surface area contributed by atoms with Crippen LogP contribution >= 0.6 is 0 Å². The largest absolute Gasteiger partial charge is 0.497 e. The van der Waals surface area contributed by atoms with E-state index in [0.717, 1.165) is 36.0 Å². The fourth-order valence-corrected chi connectivity index (χ4v) is 1.74. The number of nitrogens with zero attached hydrogens (tertiary/aromatic N) is 1. The van der Waals surface area contributed by atoms with E-state index in [0.29, 0.717) is 6.61 Å². The number of ether oxygens (including phenoxy) is 2. The monoisotopic (exact) mass is 272 g/mol. The van der Waals surface area contributed by atoms with Crippen LogP contribution in [0.5, 0.6) is 11.5 Å². The molecule has 0 fully saturated rings. The summed E-state index contributed by atoms with van der Waals surface area (Å²) in [4.78, 5) is 4.50. The molecule has 1 N–H and O–H groups in total. The van der Waals surface area contributed by atoms with Gasteiger partial charge in [0.1, 0.15) is 23.9 Å². The highest BCUT2D eigenvalue weighted by molar-refractivity contribution is 5.35. The Morgan fingerprint density at radius 2 is 1.80 bits per heavy atom. The molecule has 0 aliphatic heterocycles. The molecule has 0 unspecified atom stereocenters. The molecule has 20 heavy (non-hydrogen) atoms. The van der Waals surface area contributed by atoms with Gasteiger partial charge in [-0.3, -0.25) is 0 Å². The van der Waals surface area contributed by atoms with Crippen molar-refractivity contribution >= 4 is 5.82 Å². The van der Waals surface area contributed by atoms with Gasteiger partial charge in [0.05, 0.1) is 12.8 Å². The van der Waals surface area contributed by atoms with E-state index in [1.165, 1.54) is 0 Å². The van der Waals surface area contributed by atoms with Crippen molar-refractivity contribution in [2.45, 2.75) is 20.0 Å². The van der Waals surface area contributed by atoms with Crippen molar-refractivity contribution in [1.82, 2.24) is 4.98 Å². The van der Waals surface area contributed by atoms with Crippen LogP contribution in [0, 0.1) is 0 Å². The fourth-order valence-electron chi connectivity index (χ4n) is 1.74. The van der Waals surface area contributed by atoms with Crippen LogP contribution < -0.4 is 14.8 Å². The third-order valence-electron chi connectivity index (χ3n) is 2.81. The maximum Gasteiger partial charge on any atom is 0.130 e. The van der Waals surface area contributed by atoms with Crippen LogP contribution in [0.1, 0.15) is 19.0 Å². The summed E-state index contributed by atoms with van der Waals surface area (Å²) in [5, 5.41) is 3.26. The van der Waals surface area contributed by atoms with Gasteiger partial charge >= 0.3 is 0 Å². The molecule has 1 aromatic carbocycles. The Labute approximate surface area is 119 Å². The lowest BCUT2D eigenvalue weighted by atomic mass is 10.3. The standard InChI is InChI=1S/C16H20N2O2/c1-3-11-17-16-6-4-5-13(18-16)12-20-15-9-7-14(19-2)8-10-15/h4-10H,3,11-12H2,1-2H3,(H,17,18). The maximum absolute atomic E-state index is 5.71. The topological polar surface area (TPSA) is 43.4 Å². The van der Waals surface area contributed by atoms with Crippen LogP contribution in [0.4, 0.5) is 5.82 Å². The number of anilines is 1. The van der Waals surface area contributed by atoms with E-state index in [1.807, 2.05) is 42.5 Å². The van der Waals surface area contributed by atoms with Gasteiger partial charge < -0.3 is 14.8 Å². The number of methoxy groups -OCH3 is 1. The molecule has 0 amide bonds. The Balaban J connectivity index is 1.92. The summed E-state index contributed by atoms with van der Waals surface area (Å²) in [5.74, 6) is 2.52. The minimum Gasteiger partial charge on any atom is -0.497 e. The molecular formula is C16H20N2O2. The third kappa shape index (κ3) is 4.16. The van der Waals surface area contributed by atoms with Gasteiger partial charge in [-0.25, -0.2) is 4.98 Å². The molecule has 2 rings (SSSR count). The highest BCUT2D eigenvalue weighted by Gasteiger charge is 2.00. The lowest BCUT2D eigenvalue weighted by molar-refractivity contribution is 0.301. The minimum absolute atomic E-state index is 0.452. The number of aromatic nitrogens is 1. The highest BCUT2D eigenvalue weighted by Crippen LogP contribution is 2.18. The second kappa shape index (κ2) is 7.38. The maximum atomic E-state index is 5.71. The molecular weight excluding hydrogens is 252 g/mol. The van der Waals surface area contributed by atoms with E-state index < -0.39 is 0 Å². The summed E-state index contributed by atoms with van der Waals surface area (Å²) in [7, 11) is 1.65. The molecule has 2 aromatic rings. The summed E-state index contributed by atoms with van der Waals surface area (Å²) >= 11 is 0. The summed E-state index contributed by atoms with van der Waals surface area (Å²) in [6, 6.07) is 13.4. The van der Waals surface area contributed by atoms with Crippen molar-refractivity contribution in [3.63, 3.8) is 0 Å². The van der Waals surface area contributed by atoms with Crippen LogP contribution in [-0.2, 0) is 6.61 Å². The summed E-state index contributed by atoms with van der Waals surface area (Å²) < 4.78 is 10.8. The van der Waals surface area contributed by atoms with E-state index in [-0.39, 0.29) is 0 Å². The van der Waals surface area contributed by atoms with E-state index in [2.05, 4.69) is 17.2 Å². The van der Waals surface area contributed by atoms with Gasteiger partial charge in [-0.1, -0.05) is 13.0 Å². The predicted molar refractivity (Wildman–Crippen MR) is 80.3 cm³/mol. The average molecular weight is 272 g/mol. The van der Waals surface area contributed by atoms with Crippen molar-refractivity contribution in [3.8, 4) is 11.5 Å². The highest BCUT2D eigenvalue weighted by atomic mass is 16.5. The molecule has 0 spiro atoms. The summed E-state index contributed by atoms with van der Waals surface area (Å²) in [6.45, 7) is 3.51. The Kier molecular flexibility index (Phi) is 5.24. The van der Waals surface area contributed by atoms with Crippen molar-refractivity contribution in [3.05, 3.63) is 48.2 Å². The second-order valence-corrected chi connectivity index (χ2v) is 4.41. The Hall–Kier alpha value is -2.23. The fraction of sp³-hybridized carbons (Fsp3) is 0.312. The lowest BCUT2D eigenvalue weighted by Crippen LogP contribution is -2.04. The Morgan fingerprint density at radius 3 is 2.50 bits per heavy atom. The molecule has 0 atom stereocenters. The molecule has 0 radical (unpaired) electrons. The first-order valence-corrected chi connectivity index (χ1v) is 6.78. The first-order chi connectivity index (χ1) is 9.81. The Bertz CT molecular complexity index is 526. The molecule has 0 saturated heterocycles. The summed E-state index contributed by atoms with van der Waals surface area (Å²) in [6.07, 6.45) is 1.08. The molecule has 0 aliphatic rings. The zero-order valence-corrected chi connectivity index (χ0v) is 11.9. The number of pyridine rings is 1. The van der Waals surface area contributed by atoms with Crippen molar-refractivity contribution in [2.24, 2.45) is 0 Å². The normalized spacial score (nSPS) is 10.1. The number of rotatable bonds is 7. The first-order valence-electron chi connectivity index (χ1n) is 6.78. The molecule has 106 valence electrons. The number of benzene rings is 1. The van der Waals surface area contributed by atoms with Gasteiger partial charge in [0.25, 0.3) is 0 Å². The van der Waals surface area contributed by atoms with Gasteiger partial charge in [-0.2, -0.15) is 0 Å². The zero-order valence-electron chi connectivity index (χ0n) is 11.9. The SMILES string of the molecule is CCCNc1cccc(COc2ccc(OC)cc2)n1. The third-order valence-corrected chi connectivity index (χ3v) is 2.81. The van der Waals surface area contributed by atoms with Crippen LogP contribution in [0.2, 0.25) is 0 Å². The van der Waals surface area contributed by atoms with E-state index >= 15 is 0 Å². The van der Waals surface area contributed by atoms with Gasteiger partial charge in [-0.15, -0.1) is 0 Å². The average Bonchev–Trinajstić information content (AvgIpc) is 2.52. The molecule has 4 nitrogen and oxygen atoms in total. The van der Waals surface area contributed by atoms with Gasteiger partial charge in [-0.05, 0) is 42.8 Å². The predicted octanol–water partition coefficient (Wildman–Crippen LogP) is 3.49. The number of nitrogens with one attached hydrogen (secondary N) is 1. The molecule has 0 saturated carbocycles. The molecule has 4 heteroatoms.